The van der Waals surface area contributed by atoms with Crippen molar-refractivity contribution in [1.29, 1.82) is 0 Å². The van der Waals surface area contributed by atoms with E-state index in [0.717, 1.165) is 22.2 Å². The fourth-order valence-electron chi connectivity index (χ4n) is 2.00. The molecule has 0 saturated heterocycles. The Balaban J connectivity index is 2.43. The van der Waals surface area contributed by atoms with Crippen molar-refractivity contribution in [2.24, 2.45) is 0 Å². The summed E-state index contributed by atoms with van der Waals surface area (Å²) in [6, 6.07) is 7.66. The molecule has 1 aromatic heterocycles. The molecule has 1 N–H and O–H groups in total. The maximum absolute atomic E-state index is 6.24. The van der Waals surface area contributed by atoms with E-state index in [1.807, 2.05) is 19.2 Å². The number of hydrogen-bond donors (Lipinski definition) is 1. The Kier molecular flexibility index (Phi) is 4.96. The number of rotatable bonds is 4. The van der Waals surface area contributed by atoms with E-state index in [1.54, 1.807) is 12.1 Å². The highest BCUT2D eigenvalue weighted by Gasteiger charge is 2.16. The Morgan fingerprint density at radius 1 is 1.26 bits per heavy atom. The number of nitrogens with one attached hydrogen (secondary N) is 1. The van der Waals surface area contributed by atoms with Crippen molar-refractivity contribution < 1.29 is 4.42 Å². The van der Waals surface area contributed by atoms with Gasteiger partial charge in [-0.3, -0.25) is 0 Å². The van der Waals surface area contributed by atoms with Gasteiger partial charge in [-0.15, -0.1) is 0 Å². The fourth-order valence-corrected chi connectivity index (χ4v) is 3.39. The maximum atomic E-state index is 6.24. The Labute approximate surface area is 131 Å². The van der Waals surface area contributed by atoms with E-state index >= 15 is 0 Å². The van der Waals surface area contributed by atoms with Crippen molar-refractivity contribution in [2.45, 2.75) is 19.4 Å². The highest BCUT2D eigenvalue weighted by molar-refractivity contribution is 9.10. The maximum Gasteiger partial charge on any atom is 0.137 e. The van der Waals surface area contributed by atoms with Crippen LogP contribution in [0.3, 0.4) is 0 Å². The van der Waals surface area contributed by atoms with Crippen LogP contribution in [0.15, 0.2) is 33.2 Å². The van der Waals surface area contributed by atoms with E-state index in [4.69, 9.17) is 27.6 Å². The molecule has 1 unspecified atom stereocenters. The SMILES string of the molecule is CCC(NC)c1ccc(-c2c(Cl)cc(Br)cc2Cl)o1. The van der Waals surface area contributed by atoms with Crippen LogP contribution in [0.1, 0.15) is 25.1 Å². The second kappa shape index (κ2) is 6.31. The quantitative estimate of drug-likeness (QED) is 0.756. The lowest BCUT2D eigenvalue weighted by atomic mass is 10.1. The van der Waals surface area contributed by atoms with E-state index in [1.165, 1.54) is 0 Å². The molecule has 1 aromatic carbocycles. The molecule has 0 aliphatic heterocycles. The summed E-state index contributed by atoms with van der Waals surface area (Å²) in [6.45, 7) is 2.10. The average Bonchev–Trinajstić information content (AvgIpc) is 2.78. The smallest absolute Gasteiger partial charge is 0.137 e. The number of benzene rings is 1. The predicted octanol–water partition coefficient (Wildman–Crippen LogP) is 5.69. The lowest BCUT2D eigenvalue weighted by Crippen LogP contribution is -2.14. The minimum atomic E-state index is 0.196. The van der Waals surface area contributed by atoms with Crippen LogP contribution < -0.4 is 5.32 Å². The van der Waals surface area contributed by atoms with E-state index in [0.29, 0.717) is 15.8 Å². The molecule has 2 aromatic rings. The molecule has 0 spiro atoms. The Hall–Kier alpha value is -0.480. The summed E-state index contributed by atoms with van der Waals surface area (Å²) in [6.07, 6.45) is 0.950. The van der Waals surface area contributed by atoms with E-state index in [-0.39, 0.29) is 6.04 Å². The molecule has 19 heavy (non-hydrogen) atoms. The van der Waals surface area contributed by atoms with Gasteiger partial charge in [0.15, 0.2) is 0 Å². The normalized spacial score (nSPS) is 12.7. The van der Waals surface area contributed by atoms with Crippen molar-refractivity contribution in [3.63, 3.8) is 0 Å². The average molecular weight is 363 g/mol. The van der Waals surface area contributed by atoms with Crippen LogP contribution in [0.25, 0.3) is 11.3 Å². The molecule has 1 atom stereocenters. The molecular weight excluding hydrogens is 349 g/mol. The molecule has 0 fully saturated rings. The van der Waals surface area contributed by atoms with E-state index < -0.39 is 0 Å². The standard InChI is InChI=1S/C14H14BrCl2NO/c1-3-11(18-2)12-4-5-13(19-12)14-9(16)6-8(15)7-10(14)17/h4-7,11,18H,3H2,1-2H3. The molecule has 0 bridgehead atoms. The van der Waals surface area contributed by atoms with Crippen LogP contribution >= 0.6 is 39.1 Å². The highest BCUT2D eigenvalue weighted by Crippen LogP contribution is 2.38. The first-order valence-electron chi connectivity index (χ1n) is 5.98. The number of furan rings is 1. The van der Waals surface area contributed by atoms with Crippen LogP contribution in [-0.2, 0) is 0 Å². The summed E-state index contributed by atoms with van der Waals surface area (Å²) < 4.78 is 6.72. The van der Waals surface area contributed by atoms with Gasteiger partial charge < -0.3 is 9.73 Å². The van der Waals surface area contributed by atoms with Crippen LogP contribution in [-0.4, -0.2) is 7.05 Å². The Morgan fingerprint density at radius 3 is 2.42 bits per heavy atom. The lowest BCUT2D eigenvalue weighted by Gasteiger charge is -2.10. The summed E-state index contributed by atoms with van der Waals surface area (Å²) in [4.78, 5) is 0. The van der Waals surface area contributed by atoms with Crippen LogP contribution in [0, 0.1) is 0 Å². The first kappa shape index (κ1) is 14.9. The summed E-state index contributed by atoms with van der Waals surface area (Å²) >= 11 is 15.8. The van der Waals surface area contributed by atoms with Gasteiger partial charge in [0.05, 0.1) is 21.7 Å². The molecule has 102 valence electrons. The monoisotopic (exact) mass is 361 g/mol. The van der Waals surface area contributed by atoms with Crippen LogP contribution in [0.5, 0.6) is 0 Å². The molecule has 0 radical (unpaired) electrons. The number of halogens is 3. The van der Waals surface area contributed by atoms with Crippen molar-refractivity contribution in [3.8, 4) is 11.3 Å². The van der Waals surface area contributed by atoms with Gasteiger partial charge in [0.1, 0.15) is 11.5 Å². The third-order valence-electron chi connectivity index (χ3n) is 2.98. The minimum absolute atomic E-state index is 0.196. The van der Waals surface area contributed by atoms with Gasteiger partial charge in [0.2, 0.25) is 0 Å². The van der Waals surface area contributed by atoms with E-state index in [2.05, 4.69) is 28.2 Å². The van der Waals surface area contributed by atoms with Crippen molar-refractivity contribution in [3.05, 3.63) is 44.5 Å². The molecule has 0 aliphatic carbocycles. The van der Waals surface area contributed by atoms with Gasteiger partial charge in [0.25, 0.3) is 0 Å². The van der Waals surface area contributed by atoms with Gasteiger partial charge in [-0.2, -0.15) is 0 Å². The van der Waals surface area contributed by atoms with E-state index in [9.17, 15) is 0 Å². The Bertz CT molecular complexity index is 556. The third kappa shape index (κ3) is 3.16. The van der Waals surface area contributed by atoms with Crippen molar-refractivity contribution in [2.75, 3.05) is 7.05 Å². The van der Waals surface area contributed by atoms with Crippen LogP contribution in [0.4, 0.5) is 0 Å². The number of hydrogen-bond acceptors (Lipinski definition) is 2. The van der Waals surface area contributed by atoms with Gasteiger partial charge in [0, 0.05) is 4.47 Å². The van der Waals surface area contributed by atoms with Gasteiger partial charge in [-0.1, -0.05) is 46.1 Å². The minimum Gasteiger partial charge on any atom is -0.459 e. The van der Waals surface area contributed by atoms with Gasteiger partial charge in [-0.25, -0.2) is 0 Å². The second-order valence-electron chi connectivity index (χ2n) is 4.20. The summed E-state index contributed by atoms with van der Waals surface area (Å²) in [5.74, 6) is 1.57. The predicted molar refractivity (Wildman–Crippen MR) is 84.0 cm³/mol. The van der Waals surface area contributed by atoms with Crippen molar-refractivity contribution >= 4 is 39.1 Å². The summed E-state index contributed by atoms with van der Waals surface area (Å²) in [5.41, 5.74) is 0.726. The highest BCUT2D eigenvalue weighted by atomic mass is 79.9. The van der Waals surface area contributed by atoms with Gasteiger partial charge >= 0.3 is 0 Å². The zero-order valence-electron chi connectivity index (χ0n) is 10.6. The zero-order valence-corrected chi connectivity index (χ0v) is 13.7. The molecule has 1 heterocycles. The molecule has 0 saturated carbocycles. The third-order valence-corrected chi connectivity index (χ3v) is 4.03. The second-order valence-corrected chi connectivity index (χ2v) is 5.93. The molecule has 5 heteroatoms. The lowest BCUT2D eigenvalue weighted by molar-refractivity contribution is 0.431. The summed E-state index contributed by atoms with van der Waals surface area (Å²) in [7, 11) is 1.91. The van der Waals surface area contributed by atoms with Gasteiger partial charge in [-0.05, 0) is 37.7 Å². The molecule has 2 nitrogen and oxygen atoms in total. The van der Waals surface area contributed by atoms with Crippen molar-refractivity contribution in [1.82, 2.24) is 5.32 Å². The Morgan fingerprint density at radius 2 is 1.89 bits per heavy atom. The zero-order chi connectivity index (χ0) is 14.0. The molecule has 0 amide bonds. The largest absolute Gasteiger partial charge is 0.459 e. The first-order valence-corrected chi connectivity index (χ1v) is 7.53. The van der Waals surface area contributed by atoms with Crippen LogP contribution in [0.2, 0.25) is 10.0 Å². The summed E-state index contributed by atoms with van der Waals surface area (Å²) in [5, 5.41) is 4.34. The fraction of sp³-hybridized carbons (Fsp3) is 0.286. The molecular formula is C14H14BrCl2NO. The first-order chi connectivity index (χ1) is 9.06. The molecule has 0 aliphatic rings. The molecule has 2 rings (SSSR count). The topological polar surface area (TPSA) is 25.2 Å².